The molecule has 0 nitrogen and oxygen atoms in total. The van der Waals surface area contributed by atoms with Gasteiger partial charge in [0.1, 0.15) is 0 Å². The Morgan fingerprint density at radius 3 is 1.42 bits per heavy atom. The van der Waals surface area contributed by atoms with Crippen LogP contribution in [0.25, 0.3) is 0 Å². The van der Waals surface area contributed by atoms with Crippen molar-refractivity contribution in [2.45, 2.75) is 55.4 Å². The maximum atomic E-state index is 2.24. The zero-order valence-corrected chi connectivity index (χ0v) is 15.0. The SMILES string of the molecule is Cc1c[c-](C)c(C)c1C.Cc1cc(C)[c-](C)c1C.[V+2]. The molecular formula is C18H26V. The van der Waals surface area contributed by atoms with Gasteiger partial charge >= 0.3 is 18.6 Å². The van der Waals surface area contributed by atoms with E-state index in [-0.39, 0.29) is 18.6 Å². The molecule has 0 atom stereocenters. The van der Waals surface area contributed by atoms with Gasteiger partial charge in [-0.2, -0.15) is 50.6 Å². The average molecular weight is 293 g/mol. The Labute approximate surface area is 130 Å². The zero-order chi connectivity index (χ0) is 14.0. The fraction of sp³-hybridized carbons (Fsp3) is 0.444. The number of hydrogen-bond donors (Lipinski definition) is 0. The molecule has 2 rings (SSSR count). The molecule has 19 heavy (non-hydrogen) atoms. The molecule has 0 unspecified atom stereocenters. The number of aryl methyl sites for hydroxylation is 4. The van der Waals surface area contributed by atoms with Crippen molar-refractivity contribution in [2.75, 3.05) is 0 Å². The molecule has 0 aromatic heterocycles. The van der Waals surface area contributed by atoms with Crippen molar-refractivity contribution in [3.63, 3.8) is 0 Å². The normalized spacial score (nSPS) is 9.68. The molecule has 0 aliphatic carbocycles. The van der Waals surface area contributed by atoms with E-state index >= 15 is 0 Å². The average Bonchev–Trinajstić information content (AvgIpc) is 2.66. The summed E-state index contributed by atoms with van der Waals surface area (Å²) in [4.78, 5) is 0. The van der Waals surface area contributed by atoms with Crippen LogP contribution in [0.15, 0.2) is 12.1 Å². The predicted octanol–water partition coefficient (Wildman–Crippen LogP) is 5.28. The van der Waals surface area contributed by atoms with Gasteiger partial charge in [-0.05, 0) is 0 Å². The molecule has 0 saturated carbocycles. The van der Waals surface area contributed by atoms with E-state index in [2.05, 4.69) is 67.5 Å². The van der Waals surface area contributed by atoms with Gasteiger partial charge < -0.3 is 0 Å². The Morgan fingerprint density at radius 2 is 1.32 bits per heavy atom. The quantitative estimate of drug-likeness (QED) is 0.580. The Morgan fingerprint density at radius 1 is 0.789 bits per heavy atom. The van der Waals surface area contributed by atoms with Crippen molar-refractivity contribution < 1.29 is 18.6 Å². The first-order valence-corrected chi connectivity index (χ1v) is 6.65. The third-order valence-corrected chi connectivity index (χ3v) is 4.36. The van der Waals surface area contributed by atoms with Gasteiger partial charge in [0.25, 0.3) is 0 Å². The smallest absolute Gasteiger partial charge is 0.207 e. The minimum absolute atomic E-state index is 0. The van der Waals surface area contributed by atoms with Crippen molar-refractivity contribution in [3.05, 3.63) is 56.6 Å². The summed E-state index contributed by atoms with van der Waals surface area (Å²) in [6.07, 6.45) is 0. The van der Waals surface area contributed by atoms with Crippen LogP contribution in [-0.4, -0.2) is 0 Å². The van der Waals surface area contributed by atoms with Crippen LogP contribution in [0.1, 0.15) is 44.5 Å². The third-order valence-electron chi connectivity index (χ3n) is 4.36. The standard InChI is InChI=1S/2C9H13.V/c2*1-6-5-7(2)9(4)8(6)3;/h2*5H,1-4H3;/q2*-1;+2. The molecule has 0 spiro atoms. The molecule has 0 amide bonds. The summed E-state index contributed by atoms with van der Waals surface area (Å²) < 4.78 is 0. The van der Waals surface area contributed by atoms with E-state index in [1.807, 2.05) is 0 Å². The number of rotatable bonds is 0. The second-order valence-electron chi connectivity index (χ2n) is 5.52. The number of hydrogen-bond acceptors (Lipinski definition) is 0. The fourth-order valence-electron chi connectivity index (χ4n) is 2.27. The summed E-state index contributed by atoms with van der Waals surface area (Å²) in [6, 6.07) is 4.48. The van der Waals surface area contributed by atoms with Crippen molar-refractivity contribution in [3.8, 4) is 0 Å². The molecule has 0 aliphatic heterocycles. The van der Waals surface area contributed by atoms with Crippen LogP contribution < -0.4 is 0 Å². The minimum atomic E-state index is 0. The predicted molar refractivity (Wildman–Crippen MR) is 82.0 cm³/mol. The van der Waals surface area contributed by atoms with Gasteiger partial charge in [-0.25, -0.2) is 6.07 Å². The van der Waals surface area contributed by atoms with Crippen LogP contribution in [-0.2, 0) is 18.6 Å². The summed E-state index contributed by atoms with van der Waals surface area (Å²) in [5.74, 6) is 0. The van der Waals surface area contributed by atoms with Gasteiger partial charge in [-0.15, -0.1) is 0 Å². The van der Waals surface area contributed by atoms with Gasteiger partial charge in [0.2, 0.25) is 0 Å². The molecule has 103 valence electrons. The van der Waals surface area contributed by atoms with Gasteiger partial charge in [-0.1, -0.05) is 55.4 Å². The molecule has 2 aromatic carbocycles. The van der Waals surface area contributed by atoms with Crippen LogP contribution in [0.2, 0.25) is 0 Å². The van der Waals surface area contributed by atoms with Gasteiger partial charge in [-0.3, -0.25) is 0 Å². The summed E-state index contributed by atoms with van der Waals surface area (Å²) in [5.41, 5.74) is 11.5. The first kappa shape index (κ1) is 18.3. The second kappa shape index (κ2) is 7.17. The van der Waals surface area contributed by atoms with E-state index in [1.54, 1.807) is 0 Å². The first-order valence-electron chi connectivity index (χ1n) is 6.65. The van der Waals surface area contributed by atoms with Crippen molar-refractivity contribution in [1.29, 1.82) is 0 Å². The van der Waals surface area contributed by atoms with E-state index in [1.165, 1.54) is 44.5 Å². The van der Waals surface area contributed by atoms with E-state index in [4.69, 9.17) is 0 Å². The Hall–Kier alpha value is -0.716. The molecule has 0 heterocycles. The van der Waals surface area contributed by atoms with E-state index in [0.717, 1.165) is 0 Å². The molecule has 0 N–H and O–H groups in total. The van der Waals surface area contributed by atoms with E-state index < -0.39 is 0 Å². The maximum absolute atomic E-state index is 2.24. The Kier molecular flexibility index (Phi) is 6.90. The van der Waals surface area contributed by atoms with Crippen LogP contribution in [0, 0.1) is 55.4 Å². The summed E-state index contributed by atoms with van der Waals surface area (Å²) in [5, 5.41) is 0. The van der Waals surface area contributed by atoms with Crippen LogP contribution in [0.4, 0.5) is 0 Å². The monoisotopic (exact) mass is 293 g/mol. The van der Waals surface area contributed by atoms with Gasteiger partial charge in [0.15, 0.2) is 0 Å². The van der Waals surface area contributed by atoms with E-state index in [9.17, 15) is 0 Å². The summed E-state index contributed by atoms with van der Waals surface area (Å²) in [7, 11) is 0. The van der Waals surface area contributed by atoms with Crippen molar-refractivity contribution in [1.82, 2.24) is 0 Å². The second-order valence-corrected chi connectivity index (χ2v) is 5.52. The fourth-order valence-corrected chi connectivity index (χ4v) is 2.27. The largest absolute Gasteiger partial charge is 2.00 e. The van der Waals surface area contributed by atoms with Gasteiger partial charge in [0, 0.05) is 0 Å². The van der Waals surface area contributed by atoms with Crippen LogP contribution in [0.5, 0.6) is 0 Å². The molecule has 0 saturated heterocycles. The summed E-state index contributed by atoms with van der Waals surface area (Å²) >= 11 is 0. The molecular weight excluding hydrogens is 267 g/mol. The Bertz CT molecular complexity index is 443. The Balaban J connectivity index is 0.000000324. The van der Waals surface area contributed by atoms with Crippen molar-refractivity contribution in [2.24, 2.45) is 0 Å². The topological polar surface area (TPSA) is 0 Å². The molecule has 2 aromatic rings. The van der Waals surface area contributed by atoms with Crippen LogP contribution in [0.3, 0.4) is 0 Å². The van der Waals surface area contributed by atoms with Crippen molar-refractivity contribution >= 4 is 0 Å². The molecule has 1 radical (unpaired) electrons. The zero-order valence-electron chi connectivity index (χ0n) is 13.6. The minimum Gasteiger partial charge on any atom is -0.207 e. The van der Waals surface area contributed by atoms with Crippen LogP contribution >= 0.6 is 0 Å². The maximum Gasteiger partial charge on any atom is 2.00 e. The molecule has 0 aliphatic rings. The van der Waals surface area contributed by atoms with Gasteiger partial charge in [0.05, 0.1) is 0 Å². The van der Waals surface area contributed by atoms with E-state index in [0.29, 0.717) is 0 Å². The molecule has 0 fully saturated rings. The molecule has 1 heteroatoms. The third kappa shape index (κ3) is 4.13. The molecule has 0 bridgehead atoms. The summed E-state index contributed by atoms with van der Waals surface area (Å²) in [6.45, 7) is 17.4. The first-order chi connectivity index (χ1) is 8.25.